The van der Waals surface area contributed by atoms with Crippen LogP contribution in [0.1, 0.15) is 63.5 Å². The first-order chi connectivity index (χ1) is 15.7. The second kappa shape index (κ2) is 9.69. The molecule has 2 aromatic rings. The Bertz CT molecular complexity index is 1020. The van der Waals surface area contributed by atoms with Gasteiger partial charge in [0.05, 0.1) is 21.8 Å². The van der Waals surface area contributed by atoms with E-state index in [4.69, 9.17) is 0 Å². The van der Waals surface area contributed by atoms with Crippen molar-refractivity contribution in [3.05, 3.63) is 35.0 Å². The molecule has 0 unspecified atom stereocenters. The van der Waals surface area contributed by atoms with Gasteiger partial charge in [-0.25, -0.2) is 4.98 Å². The molecule has 4 heterocycles. The van der Waals surface area contributed by atoms with Crippen LogP contribution in [0.2, 0.25) is 0 Å². The van der Waals surface area contributed by atoms with Crippen LogP contribution in [0.25, 0.3) is 11.7 Å². The number of nitrogens with zero attached hydrogens (tertiary/aromatic N) is 3. The first-order valence-corrected chi connectivity index (χ1v) is 12.9. The van der Waals surface area contributed by atoms with Gasteiger partial charge in [-0.05, 0) is 62.7 Å². The fraction of sp³-hybridized carbons (Fsp3) is 0.560. The van der Waals surface area contributed by atoms with Gasteiger partial charge in [0.25, 0.3) is 5.91 Å². The number of hydrogen-bond acceptors (Lipinski definition) is 4. The minimum Gasteiger partial charge on any atom is -0.352 e. The number of carbonyl (C=O) groups excluding carboxylic acids is 2. The van der Waals surface area contributed by atoms with E-state index in [1.54, 1.807) is 0 Å². The summed E-state index contributed by atoms with van der Waals surface area (Å²) in [5.74, 6) is 1.35. The number of nitrogens with one attached hydrogen (secondary N) is 1. The summed E-state index contributed by atoms with van der Waals surface area (Å²) in [6.07, 6.45) is 13.9. The fourth-order valence-corrected chi connectivity index (χ4v) is 6.33. The molecule has 0 radical (unpaired) electrons. The third-order valence-corrected chi connectivity index (χ3v) is 8.24. The van der Waals surface area contributed by atoms with Crippen LogP contribution < -0.4 is 5.32 Å². The van der Waals surface area contributed by atoms with Crippen LogP contribution in [0.4, 0.5) is 0 Å². The van der Waals surface area contributed by atoms with Gasteiger partial charge in [-0.1, -0.05) is 37.1 Å². The lowest BCUT2D eigenvalue weighted by molar-refractivity contribution is -0.138. The van der Waals surface area contributed by atoms with E-state index in [1.165, 1.54) is 31.0 Å². The van der Waals surface area contributed by atoms with Crippen molar-refractivity contribution in [3.8, 4) is 0 Å². The molecular weight excluding hydrogens is 420 g/mol. The van der Waals surface area contributed by atoms with Crippen molar-refractivity contribution in [1.82, 2.24) is 19.6 Å². The van der Waals surface area contributed by atoms with Crippen LogP contribution in [0.3, 0.4) is 0 Å². The molecule has 170 valence electrons. The van der Waals surface area contributed by atoms with Crippen LogP contribution in [-0.4, -0.2) is 45.7 Å². The van der Waals surface area contributed by atoms with E-state index in [0.29, 0.717) is 18.4 Å². The summed E-state index contributed by atoms with van der Waals surface area (Å²) in [7, 11) is 0. The van der Waals surface area contributed by atoms with Gasteiger partial charge in [-0.2, -0.15) is 0 Å². The predicted molar refractivity (Wildman–Crippen MR) is 127 cm³/mol. The number of aromatic nitrogens is 2. The number of carbonyl (C=O) groups is 2. The summed E-state index contributed by atoms with van der Waals surface area (Å²) >= 11 is 1.50. The average molecular weight is 453 g/mol. The third kappa shape index (κ3) is 4.58. The molecule has 0 aromatic carbocycles. The number of thioether (sulfide) groups is 1. The Labute approximate surface area is 193 Å². The first kappa shape index (κ1) is 21.6. The number of pyridine rings is 1. The second-order valence-electron chi connectivity index (χ2n) is 9.35. The Kier molecular flexibility index (Phi) is 6.53. The van der Waals surface area contributed by atoms with E-state index >= 15 is 0 Å². The quantitative estimate of drug-likeness (QED) is 0.656. The van der Waals surface area contributed by atoms with Crippen molar-refractivity contribution >= 4 is 35.3 Å². The molecule has 2 amide bonds. The molecular formula is C25H32N4O2S. The van der Waals surface area contributed by atoms with Crippen LogP contribution in [0.15, 0.2) is 34.3 Å². The molecule has 1 saturated heterocycles. The summed E-state index contributed by atoms with van der Waals surface area (Å²) in [5, 5.41) is 4.12. The second-order valence-corrected chi connectivity index (χ2v) is 10.4. The molecule has 32 heavy (non-hydrogen) atoms. The monoisotopic (exact) mass is 452 g/mol. The molecule has 1 aliphatic carbocycles. The van der Waals surface area contributed by atoms with Crippen molar-refractivity contribution in [2.75, 3.05) is 19.6 Å². The van der Waals surface area contributed by atoms with E-state index < -0.39 is 0 Å². The number of likely N-dealkylation sites (tertiary alicyclic amines) is 1. The Morgan fingerprint density at radius 3 is 2.72 bits per heavy atom. The largest absolute Gasteiger partial charge is 0.352 e. The molecule has 1 saturated carbocycles. The molecule has 7 heteroatoms. The summed E-state index contributed by atoms with van der Waals surface area (Å²) in [6, 6.07) is 5.97. The molecule has 3 aliphatic rings. The van der Waals surface area contributed by atoms with Gasteiger partial charge in [0.2, 0.25) is 5.91 Å². The highest BCUT2D eigenvalue weighted by molar-refractivity contribution is 8.04. The third-order valence-electron chi connectivity index (χ3n) is 7.19. The standard InChI is InChI=1S/C25H32N4O2S/c30-24(21-16-20-17-27-22-9-4-10-23(32-21)29(20)22)26-13-5-6-18-11-14-28(15-12-18)25(31)19-7-2-1-3-8-19/h4,9-10,16-19H,1-3,5-8,11-15H2,(H,26,30). The lowest BCUT2D eigenvalue weighted by Gasteiger charge is -2.35. The Morgan fingerprint density at radius 2 is 1.91 bits per heavy atom. The van der Waals surface area contributed by atoms with Gasteiger partial charge in [-0.3, -0.25) is 14.0 Å². The van der Waals surface area contributed by atoms with Crippen molar-refractivity contribution < 1.29 is 9.59 Å². The summed E-state index contributed by atoms with van der Waals surface area (Å²) in [4.78, 5) is 32.7. The van der Waals surface area contributed by atoms with Crippen molar-refractivity contribution in [3.63, 3.8) is 0 Å². The maximum Gasteiger partial charge on any atom is 0.258 e. The fourth-order valence-electron chi connectivity index (χ4n) is 5.33. The van der Waals surface area contributed by atoms with E-state index in [-0.39, 0.29) is 11.8 Å². The highest BCUT2D eigenvalue weighted by Crippen LogP contribution is 2.34. The summed E-state index contributed by atoms with van der Waals surface area (Å²) < 4.78 is 2.08. The van der Waals surface area contributed by atoms with E-state index in [0.717, 1.165) is 72.9 Å². The summed E-state index contributed by atoms with van der Waals surface area (Å²) in [5.41, 5.74) is 1.86. The van der Waals surface area contributed by atoms with Gasteiger partial charge >= 0.3 is 0 Å². The van der Waals surface area contributed by atoms with Gasteiger partial charge in [0.15, 0.2) is 0 Å². The van der Waals surface area contributed by atoms with E-state index in [1.807, 2.05) is 30.5 Å². The SMILES string of the molecule is O=C(NCCCC1CCN(C(=O)C2CCCCC2)CC1)C1=Cc2cnc3cccc(n23)S1. The highest BCUT2D eigenvalue weighted by Gasteiger charge is 2.29. The Hall–Kier alpha value is -2.28. The average Bonchev–Trinajstić information content (AvgIpc) is 3.27. The first-order valence-electron chi connectivity index (χ1n) is 12.1. The maximum atomic E-state index is 12.7. The van der Waals surface area contributed by atoms with Gasteiger partial charge < -0.3 is 10.2 Å². The predicted octanol–water partition coefficient (Wildman–Crippen LogP) is 4.50. The molecule has 6 nitrogen and oxygen atoms in total. The molecule has 2 aliphatic heterocycles. The zero-order valence-corrected chi connectivity index (χ0v) is 19.4. The summed E-state index contributed by atoms with van der Waals surface area (Å²) in [6.45, 7) is 2.52. The van der Waals surface area contributed by atoms with Crippen molar-refractivity contribution in [1.29, 1.82) is 0 Å². The van der Waals surface area contributed by atoms with Crippen molar-refractivity contribution in [2.45, 2.75) is 62.8 Å². The normalized spacial score (nSPS) is 19.8. The van der Waals surface area contributed by atoms with Crippen LogP contribution in [-0.2, 0) is 9.59 Å². The number of piperidine rings is 1. The molecule has 1 N–H and O–H groups in total. The molecule has 2 fully saturated rings. The molecule has 5 rings (SSSR count). The van der Waals surface area contributed by atoms with Crippen LogP contribution in [0.5, 0.6) is 0 Å². The van der Waals surface area contributed by atoms with Crippen LogP contribution in [0, 0.1) is 11.8 Å². The van der Waals surface area contributed by atoms with Gasteiger partial charge in [-0.15, -0.1) is 0 Å². The Morgan fingerprint density at radius 1 is 1.09 bits per heavy atom. The molecule has 2 aromatic heterocycles. The van der Waals surface area contributed by atoms with Crippen LogP contribution >= 0.6 is 11.8 Å². The zero-order chi connectivity index (χ0) is 21.9. The molecule has 0 atom stereocenters. The zero-order valence-electron chi connectivity index (χ0n) is 18.6. The lowest BCUT2D eigenvalue weighted by atomic mass is 9.86. The topological polar surface area (TPSA) is 66.7 Å². The molecule has 0 spiro atoms. The molecule has 0 bridgehead atoms. The number of imidazole rings is 1. The number of amides is 2. The van der Waals surface area contributed by atoms with E-state index in [9.17, 15) is 9.59 Å². The lowest BCUT2D eigenvalue weighted by Crippen LogP contribution is -2.42. The minimum absolute atomic E-state index is 0.00708. The number of rotatable bonds is 6. The Balaban J connectivity index is 1.04. The minimum atomic E-state index is -0.00708. The number of hydrogen-bond donors (Lipinski definition) is 1. The highest BCUT2D eigenvalue weighted by atomic mass is 32.2. The van der Waals surface area contributed by atoms with E-state index in [2.05, 4.69) is 19.6 Å². The smallest absolute Gasteiger partial charge is 0.258 e. The van der Waals surface area contributed by atoms with Gasteiger partial charge in [0.1, 0.15) is 5.65 Å². The maximum absolute atomic E-state index is 12.7. The van der Waals surface area contributed by atoms with Gasteiger partial charge in [0, 0.05) is 25.6 Å². The van der Waals surface area contributed by atoms with Crippen molar-refractivity contribution in [2.24, 2.45) is 11.8 Å².